The van der Waals surface area contributed by atoms with Crippen LogP contribution < -0.4 is 4.74 Å². The Morgan fingerprint density at radius 2 is 2.00 bits per heavy atom. The van der Waals surface area contributed by atoms with Crippen LogP contribution in [0.15, 0.2) is 42.6 Å². The van der Waals surface area contributed by atoms with Gasteiger partial charge in [-0.25, -0.2) is 4.79 Å². The highest BCUT2D eigenvalue weighted by atomic mass is 16.5. The summed E-state index contributed by atoms with van der Waals surface area (Å²) in [7, 11) is 1.74. The molecule has 3 heterocycles. The highest BCUT2D eigenvalue weighted by Gasteiger charge is 2.37. The Labute approximate surface area is 188 Å². The first-order chi connectivity index (χ1) is 15.5. The number of carboxylic acids is 1. The molecule has 0 radical (unpaired) electrons. The number of nitrogens with zero attached hydrogens (tertiary/aromatic N) is 1. The zero-order valence-corrected chi connectivity index (χ0v) is 18.6. The van der Waals surface area contributed by atoms with E-state index in [0.29, 0.717) is 17.4 Å². The highest BCUT2D eigenvalue weighted by molar-refractivity contribution is 5.88. The number of aromatic nitrogens is 1. The van der Waals surface area contributed by atoms with E-state index in [4.69, 9.17) is 9.47 Å². The lowest BCUT2D eigenvalue weighted by molar-refractivity contribution is -0.0800. The summed E-state index contributed by atoms with van der Waals surface area (Å²) in [6.07, 6.45) is 4.21. The number of likely N-dealkylation sites (tertiary alicyclic amines) is 1. The van der Waals surface area contributed by atoms with Crippen molar-refractivity contribution in [3.05, 3.63) is 64.8 Å². The minimum Gasteiger partial charge on any atom is -0.496 e. The van der Waals surface area contributed by atoms with Crippen LogP contribution in [0.1, 0.15) is 45.9 Å². The second-order valence-corrected chi connectivity index (χ2v) is 9.14. The molecule has 2 aliphatic heterocycles. The number of ether oxygens (including phenoxy) is 2. The maximum Gasteiger partial charge on any atom is 0.335 e. The molecule has 2 aromatic carbocycles. The van der Waals surface area contributed by atoms with Gasteiger partial charge in [-0.1, -0.05) is 12.1 Å². The maximum atomic E-state index is 11.3. The average Bonchev–Trinajstić information content (AvgIpc) is 3.26. The van der Waals surface area contributed by atoms with Crippen LogP contribution in [0.3, 0.4) is 0 Å². The minimum atomic E-state index is -0.888. The number of rotatable bonds is 6. The van der Waals surface area contributed by atoms with Crippen molar-refractivity contribution in [1.29, 1.82) is 0 Å². The molecule has 0 aliphatic carbocycles. The van der Waals surface area contributed by atoms with Gasteiger partial charge in [0.1, 0.15) is 5.75 Å². The lowest BCUT2D eigenvalue weighted by Gasteiger charge is -2.44. The molecule has 6 nitrogen and oxygen atoms in total. The molecule has 6 heteroatoms. The molecular formula is C26H30N2O4. The third-order valence-corrected chi connectivity index (χ3v) is 7.32. The summed E-state index contributed by atoms with van der Waals surface area (Å²) >= 11 is 0. The molecule has 168 valence electrons. The Hall–Kier alpha value is -2.83. The number of aromatic amines is 1. The van der Waals surface area contributed by atoms with Crippen molar-refractivity contribution in [2.24, 2.45) is 11.8 Å². The third kappa shape index (κ3) is 3.78. The zero-order valence-electron chi connectivity index (χ0n) is 18.6. The molecule has 2 fully saturated rings. The molecule has 2 aliphatic rings. The molecule has 5 rings (SSSR count). The molecule has 2 saturated heterocycles. The van der Waals surface area contributed by atoms with Crippen LogP contribution >= 0.6 is 0 Å². The van der Waals surface area contributed by atoms with E-state index in [9.17, 15) is 9.90 Å². The molecule has 2 atom stereocenters. The number of aromatic carboxylic acids is 1. The molecule has 1 aromatic heterocycles. The number of piperidine rings is 1. The molecule has 2 N–H and O–H groups in total. The molecule has 0 amide bonds. The van der Waals surface area contributed by atoms with Crippen molar-refractivity contribution in [3.63, 3.8) is 0 Å². The smallest absolute Gasteiger partial charge is 0.335 e. The van der Waals surface area contributed by atoms with Gasteiger partial charge in [-0.15, -0.1) is 0 Å². The number of hydrogen-bond donors (Lipinski definition) is 2. The van der Waals surface area contributed by atoms with Gasteiger partial charge in [0.15, 0.2) is 0 Å². The van der Waals surface area contributed by atoms with Crippen molar-refractivity contribution in [2.75, 3.05) is 26.9 Å². The molecule has 0 unspecified atom stereocenters. The summed E-state index contributed by atoms with van der Waals surface area (Å²) in [6, 6.07) is 11.9. The van der Waals surface area contributed by atoms with E-state index in [1.165, 1.54) is 22.1 Å². The van der Waals surface area contributed by atoms with Crippen LogP contribution in [0.25, 0.3) is 10.9 Å². The first-order valence-electron chi connectivity index (χ1n) is 11.3. The van der Waals surface area contributed by atoms with Crippen molar-refractivity contribution in [2.45, 2.75) is 32.4 Å². The van der Waals surface area contributed by atoms with Crippen molar-refractivity contribution >= 4 is 16.9 Å². The first kappa shape index (κ1) is 21.0. The second kappa shape index (κ2) is 8.60. The monoisotopic (exact) mass is 434 g/mol. The van der Waals surface area contributed by atoms with Gasteiger partial charge in [-0.05, 0) is 67.6 Å². The Morgan fingerprint density at radius 3 is 2.66 bits per heavy atom. The van der Waals surface area contributed by atoms with Crippen molar-refractivity contribution < 1.29 is 19.4 Å². The third-order valence-electron chi connectivity index (χ3n) is 7.32. The quantitative estimate of drug-likeness (QED) is 0.584. The van der Waals surface area contributed by atoms with Crippen LogP contribution in [0.4, 0.5) is 0 Å². The number of H-pyrrole nitrogens is 1. The number of benzene rings is 2. The molecular weight excluding hydrogens is 404 g/mol. The van der Waals surface area contributed by atoms with Gasteiger partial charge in [0.25, 0.3) is 0 Å². The summed E-state index contributed by atoms with van der Waals surface area (Å²) in [5.41, 5.74) is 5.04. The summed E-state index contributed by atoms with van der Waals surface area (Å²) in [5.74, 6) is 1.31. The van der Waals surface area contributed by atoms with Gasteiger partial charge in [-0.3, -0.25) is 4.90 Å². The topological polar surface area (TPSA) is 74.8 Å². The summed E-state index contributed by atoms with van der Waals surface area (Å²) in [5, 5.41) is 10.5. The lowest BCUT2D eigenvalue weighted by Crippen LogP contribution is -2.43. The number of aryl methyl sites for hydroxylation is 1. The van der Waals surface area contributed by atoms with E-state index < -0.39 is 5.97 Å². The number of hydrogen-bond acceptors (Lipinski definition) is 4. The van der Waals surface area contributed by atoms with Crippen molar-refractivity contribution in [1.82, 2.24) is 9.88 Å². The van der Waals surface area contributed by atoms with Crippen LogP contribution in [-0.2, 0) is 11.3 Å². The van der Waals surface area contributed by atoms with Gasteiger partial charge in [0.2, 0.25) is 0 Å². The van der Waals surface area contributed by atoms with Crippen molar-refractivity contribution in [3.8, 4) is 5.75 Å². The first-order valence-corrected chi connectivity index (χ1v) is 11.3. The Kier molecular flexibility index (Phi) is 5.66. The van der Waals surface area contributed by atoms with Crippen LogP contribution in [0.5, 0.6) is 5.75 Å². The lowest BCUT2D eigenvalue weighted by atomic mass is 9.78. The predicted molar refractivity (Wildman–Crippen MR) is 123 cm³/mol. The summed E-state index contributed by atoms with van der Waals surface area (Å²) in [6.45, 7) is 5.62. The summed E-state index contributed by atoms with van der Waals surface area (Å²) in [4.78, 5) is 17.2. The SMILES string of the molecule is COc1cc(C)c2[nH]ccc2c1CN1CC[C@@H](C2COC2)C[C@@H]1c1ccc(C(=O)O)cc1. The molecule has 3 aromatic rings. The largest absolute Gasteiger partial charge is 0.496 e. The summed E-state index contributed by atoms with van der Waals surface area (Å²) < 4.78 is 11.3. The van der Waals surface area contributed by atoms with Gasteiger partial charge in [-0.2, -0.15) is 0 Å². The van der Waals surface area contributed by atoms with E-state index in [0.717, 1.165) is 50.4 Å². The van der Waals surface area contributed by atoms with E-state index in [1.54, 1.807) is 19.2 Å². The predicted octanol–water partition coefficient (Wildman–Crippen LogP) is 4.78. The standard InChI is InChI=1S/C26H30N2O4/c1-16-11-24(31-2)22(21-7-9-27-25(16)21)13-28-10-8-19(20-14-32-15-20)12-23(28)17-3-5-18(6-4-17)26(29)30/h3-7,9,11,19-20,23,27H,8,10,12-15H2,1-2H3,(H,29,30)/t19-,23-/m1/s1. The zero-order chi connectivity index (χ0) is 22.2. The number of nitrogens with one attached hydrogen (secondary N) is 1. The van der Waals surface area contributed by atoms with Crippen LogP contribution in [0.2, 0.25) is 0 Å². The number of fused-ring (bicyclic) bond motifs is 1. The van der Waals surface area contributed by atoms with E-state index in [-0.39, 0.29) is 6.04 Å². The van der Waals surface area contributed by atoms with Gasteiger partial charge in [0, 0.05) is 41.2 Å². The van der Waals surface area contributed by atoms with E-state index in [2.05, 4.69) is 28.9 Å². The number of methoxy groups -OCH3 is 1. The number of carboxylic acid groups (broad SMARTS) is 1. The maximum absolute atomic E-state index is 11.3. The molecule has 0 saturated carbocycles. The van der Waals surface area contributed by atoms with Gasteiger partial charge >= 0.3 is 5.97 Å². The Balaban J connectivity index is 1.49. The second-order valence-electron chi connectivity index (χ2n) is 9.14. The molecule has 0 spiro atoms. The van der Waals surface area contributed by atoms with E-state index in [1.807, 2.05) is 18.3 Å². The fourth-order valence-corrected chi connectivity index (χ4v) is 5.36. The average molecular weight is 435 g/mol. The highest BCUT2D eigenvalue weighted by Crippen LogP contribution is 2.42. The Bertz CT molecular complexity index is 1120. The van der Waals surface area contributed by atoms with Crippen LogP contribution in [0, 0.1) is 18.8 Å². The fraction of sp³-hybridized carbons (Fsp3) is 0.423. The molecule has 0 bridgehead atoms. The normalized spacial score (nSPS) is 22.1. The Morgan fingerprint density at radius 1 is 1.22 bits per heavy atom. The fourth-order valence-electron chi connectivity index (χ4n) is 5.36. The van der Waals surface area contributed by atoms with Crippen LogP contribution in [-0.4, -0.2) is 47.8 Å². The molecule has 32 heavy (non-hydrogen) atoms. The van der Waals surface area contributed by atoms with Gasteiger partial charge < -0.3 is 19.6 Å². The number of carbonyl (C=O) groups is 1. The van der Waals surface area contributed by atoms with Gasteiger partial charge in [0.05, 0.1) is 25.9 Å². The minimum absolute atomic E-state index is 0.234. The van der Waals surface area contributed by atoms with E-state index >= 15 is 0 Å².